The highest BCUT2D eigenvalue weighted by Gasteiger charge is 2.23. The Morgan fingerprint density at radius 3 is 2.44 bits per heavy atom. The molecule has 0 heterocycles. The summed E-state index contributed by atoms with van der Waals surface area (Å²) in [7, 11) is 0. The normalized spacial score (nSPS) is 20.8. The zero-order chi connectivity index (χ0) is 13.2. The maximum absolute atomic E-state index is 5.92. The Labute approximate surface area is 113 Å². The first kappa shape index (κ1) is 15.9. The highest BCUT2D eigenvalue weighted by atomic mass is 16.5. The largest absolute Gasteiger partial charge is 0.379 e. The Bertz CT molecular complexity index is 193. The van der Waals surface area contributed by atoms with E-state index in [2.05, 4.69) is 19.2 Å². The van der Waals surface area contributed by atoms with Gasteiger partial charge in [-0.15, -0.1) is 0 Å². The zero-order valence-corrected chi connectivity index (χ0v) is 12.4. The predicted octanol–water partition coefficient (Wildman–Crippen LogP) is 2.99. The molecule has 2 unspecified atom stereocenters. The molecule has 1 aliphatic rings. The minimum Gasteiger partial charge on any atom is -0.379 e. The molecule has 3 nitrogen and oxygen atoms in total. The third-order valence-electron chi connectivity index (χ3n) is 3.80. The van der Waals surface area contributed by atoms with E-state index in [0.29, 0.717) is 12.6 Å². The molecule has 0 aromatic rings. The van der Waals surface area contributed by atoms with E-state index in [9.17, 15) is 0 Å². The van der Waals surface area contributed by atoms with E-state index in [1.165, 1.54) is 32.1 Å². The molecular weight excluding hydrogens is 226 g/mol. The Hall–Kier alpha value is -0.120. The second kappa shape index (κ2) is 9.76. The fourth-order valence-electron chi connectivity index (χ4n) is 2.76. The van der Waals surface area contributed by atoms with Gasteiger partial charge in [0.2, 0.25) is 0 Å². The van der Waals surface area contributed by atoms with Gasteiger partial charge in [0.15, 0.2) is 0 Å². The van der Waals surface area contributed by atoms with Crippen LogP contribution >= 0.6 is 0 Å². The van der Waals surface area contributed by atoms with Gasteiger partial charge < -0.3 is 14.8 Å². The van der Waals surface area contributed by atoms with Gasteiger partial charge in [-0.25, -0.2) is 0 Å². The van der Waals surface area contributed by atoms with E-state index in [1.807, 2.05) is 6.92 Å². The smallest absolute Gasteiger partial charge is 0.0781 e. The summed E-state index contributed by atoms with van der Waals surface area (Å²) in [5, 5.41) is 3.60. The third-order valence-corrected chi connectivity index (χ3v) is 3.80. The van der Waals surface area contributed by atoms with Crippen LogP contribution < -0.4 is 5.32 Å². The molecule has 18 heavy (non-hydrogen) atoms. The van der Waals surface area contributed by atoms with Gasteiger partial charge in [0.05, 0.1) is 19.3 Å². The number of rotatable bonds is 9. The minimum atomic E-state index is 0.203. The molecule has 0 bridgehead atoms. The molecule has 1 N–H and O–H groups in total. The van der Waals surface area contributed by atoms with Crippen LogP contribution in [0.1, 0.15) is 52.9 Å². The van der Waals surface area contributed by atoms with Crippen molar-refractivity contribution >= 4 is 0 Å². The van der Waals surface area contributed by atoms with Crippen molar-refractivity contribution in [2.75, 3.05) is 26.4 Å². The number of ether oxygens (including phenoxy) is 2. The van der Waals surface area contributed by atoms with Crippen LogP contribution in [0.5, 0.6) is 0 Å². The summed E-state index contributed by atoms with van der Waals surface area (Å²) in [5.41, 5.74) is 0. The molecule has 0 aromatic carbocycles. The first-order chi connectivity index (χ1) is 8.77. The van der Waals surface area contributed by atoms with Gasteiger partial charge in [-0.05, 0) is 39.2 Å². The van der Waals surface area contributed by atoms with Gasteiger partial charge in [-0.3, -0.25) is 0 Å². The van der Waals surface area contributed by atoms with E-state index in [1.54, 1.807) is 0 Å². The summed E-state index contributed by atoms with van der Waals surface area (Å²) >= 11 is 0. The SMILES string of the molecule is CCNC(COC(C)COCC)C1CCCCC1. The van der Waals surface area contributed by atoms with Crippen LogP contribution in [0.2, 0.25) is 0 Å². The summed E-state index contributed by atoms with van der Waals surface area (Å²) in [6.07, 6.45) is 7.12. The van der Waals surface area contributed by atoms with Gasteiger partial charge in [0, 0.05) is 12.6 Å². The van der Waals surface area contributed by atoms with Crippen molar-refractivity contribution in [2.24, 2.45) is 5.92 Å². The molecular formula is C15H31NO2. The van der Waals surface area contributed by atoms with Crippen molar-refractivity contribution in [2.45, 2.75) is 65.0 Å². The van der Waals surface area contributed by atoms with Crippen molar-refractivity contribution in [1.29, 1.82) is 0 Å². The van der Waals surface area contributed by atoms with Crippen LogP contribution in [0.15, 0.2) is 0 Å². The van der Waals surface area contributed by atoms with E-state index < -0.39 is 0 Å². The van der Waals surface area contributed by atoms with Crippen LogP contribution in [0.3, 0.4) is 0 Å². The second-order valence-electron chi connectivity index (χ2n) is 5.37. The molecule has 1 saturated carbocycles. The molecule has 108 valence electrons. The van der Waals surface area contributed by atoms with Crippen molar-refractivity contribution in [3.8, 4) is 0 Å². The highest BCUT2D eigenvalue weighted by Crippen LogP contribution is 2.26. The molecule has 0 aromatic heterocycles. The average Bonchev–Trinajstić information content (AvgIpc) is 2.42. The Kier molecular flexibility index (Phi) is 8.64. The van der Waals surface area contributed by atoms with Gasteiger partial charge in [-0.1, -0.05) is 26.2 Å². The summed E-state index contributed by atoms with van der Waals surface area (Å²) < 4.78 is 11.3. The van der Waals surface area contributed by atoms with E-state index in [-0.39, 0.29) is 6.10 Å². The maximum Gasteiger partial charge on any atom is 0.0781 e. The van der Waals surface area contributed by atoms with Crippen LogP contribution in [0.25, 0.3) is 0 Å². The lowest BCUT2D eigenvalue weighted by Crippen LogP contribution is -2.42. The summed E-state index contributed by atoms with van der Waals surface area (Å²) in [4.78, 5) is 0. The molecule has 0 radical (unpaired) electrons. The molecule has 0 aliphatic heterocycles. The van der Waals surface area contributed by atoms with Gasteiger partial charge in [-0.2, -0.15) is 0 Å². The average molecular weight is 257 g/mol. The Morgan fingerprint density at radius 2 is 1.83 bits per heavy atom. The molecule has 1 aliphatic carbocycles. The molecule has 0 saturated heterocycles. The summed E-state index contributed by atoms with van der Waals surface area (Å²) in [5.74, 6) is 0.804. The van der Waals surface area contributed by atoms with Crippen LogP contribution in [-0.2, 0) is 9.47 Å². The quantitative estimate of drug-likeness (QED) is 0.689. The Morgan fingerprint density at radius 1 is 1.11 bits per heavy atom. The number of nitrogens with one attached hydrogen (secondary N) is 1. The monoisotopic (exact) mass is 257 g/mol. The fraction of sp³-hybridized carbons (Fsp3) is 1.00. The highest BCUT2D eigenvalue weighted by molar-refractivity contribution is 4.79. The molecule has 2 atom stereocenters. The van der Waals surface area contributed by atoms with Crippen molar-refractivity contribution in [1.82, 2.24) is 5.32 Å². The molecule has 1 rings (SSSR count). The van der Waals surface area contributed by atoms with Crippen LogP contribution in [0.4, 0.5) is 0 Å². The summed E-state index contributed by atoms with van der Waals surface area (Å²) in [6, 6.07) is 0.527. The zero-order valence-electron chi connectivity index (χ0n) is 12.4. The van der Waals surface area contributed by atoms with Crippen molar-refractivity contribution < 1.29 is 9.47 Å². The maximum atomic E-state index is 5.92. The van der Waals surface area contributed by atoms with Crippen LogP contribution in [-0.4, -0.2) is 38.5 Å². The third kappa shape index (κ3) is 6.17. The van der Waals surface area contributed by atoms with E-state index >= 15 is 0 Å². The molecule has 3 heteroatoms. The standard InChI is InChI=1S/C15H31NO2/c1-4-16-15(14-9-7-6-8-10-14)12-18-13(3)11-17-5-2/h13-16H,4-12H2,1-3H3. The molecule has 1 fully saturated rings. The molecule has 0 spiro atoms. The molecule has 0 amide bonds. The number of likely N-dealkylation sites (N-methyl/N-ethyl adjacent to an activating group) is 1. The fourth-order valence-corrected chi connectivity index (χ4v) is 2.76. The van der Waals surface area contributed by atoms with E-state index in [4.69, 9.17) is 9.47 Å². The lowest BCUT2D eigenvalue weighted by molar-refractivity contribution is -0.0189. The number of hydrogen-bond donors (Lipinski definition) is 1. The number of hydrogen-bond acceptors (Lipinski definition) is 3. The first-order valence-corrected chi connectivity index (χ1v) is 7.70. The van der Waals surface area contributed by atoms with Crippen molar-refractivity contribution in [3.63, 3.8) is 0 Å². The minimum absolute atomic E-state index is 0.203. The predicted molar refractivity (Wildman–Crippen MR) is 75.9 cm³/mol. The lowest BCUT2D eigenvalue weighted by atomic mass is 9.84. The second-order valence-corrected chi connectivity index (χ2v) is 5.37. The van der Waals surface area contributed by atoms with Crippen LogP contribution in [0, 0.1) is 5.92 Å². The summed E-state index contributed by atoms with van der Waals surface area (Å²) in [6.45, 7) is 9.64. The van der Waals surface area contributed by atoms with Gasteiger partial charge in [0.25, 0.3) is 0 Å². The van der Waals surface area contributed by atoms with Crippen molar-refractivity contribution in [3.05, 3.63) is 0 Å². The van der Waals surface area contributed by atoms with E-state index in [0.717, 1.165) is 25.7 Å². The topological polar surface area (TPSA) is 30.5 Å². The van der Waals surface area contributed by atoms with Gasteiger partial charge in [0.1, 0.15) is 0 Å². The Balaban J connectivity index is 2.27. The lowest BCUT2D eigenvalue weighted by Gasteiger charge is -2.31. The van der Waals surface area contributed by atoms with Gasteiger partial charge >= 0.3 is 0 Å². The first-order valence-electron chi connectivity index (χ1n) is 7.70.